The van der Waals surface area contributed by atoms with Crippen LogP contribution in [-0.2, 0) is 0 Å². The summed E-state index contributed by atoms with van der Waals surface area (Å²) < 4.78 is 6.95. The maximum atomic E-state index is 13.7. The van der Waals surface area contributed by atoms with Gasteiger partial charge in [-0.05, 0) is 176 Å². The molecule has 5 aliphatic rings. The first-order chi connectivity index (χ1) is 49.1. The van der Waals surface area contributed by atoms with Crippen molar-refractivity contribution in [3.05, 3.63) is 318 Å². The van der Waals surface area contributed by atoms with Crippen molar-refractivity contribution in [2.24, 2.45) is 0 Å². The van der Waals surface area contributed by atoms with Crippen molar-refractivity contribution >= 4 is 0 Å². The lowest BCUT2D eigenvalue weighted by Gasteiger charge is -2.35. The normalized spacial score (nSPS) is 21.9. The molecule has 0 spiro atoms. The van der Waals surface area contributed by atoms with Crippen LogP contribution in [0.25, 0.3) is 0 Å². The van der Waals surface area contributed by atoms with E-state index in [2.05, 4.69) is 0 Å². The lowest BCUT2D eigenvalue weighted by Crippen LogP contribution is -2.21. The summed E-state index contributed by atoms with van der Waals surface area (Å²) in [6, 6.07) is 52.9. The average molecular weight is 1360 g/mol. The van der Waals surface area contributed by atoms with Gasteiger partial charge in [-0.2, -0.15) is 0 Å². The molecule has 0 saturated carbocycles. The monoisotopic (exact) mass is 1360 g/mol. The fraction of sp³-hybridized carbons (Fsp3) is 0.143. The van der Waals surface area contributed by atoms with Crippen molar-refractivity contribution < 1.29 is 91.5 Å². The summed E-state index contributed by atoms with van der Waals surface area (Å²) in [5, 5.41) is 204. The van der Waals surface area contributed by atoms with E-state index < -0.39 is 106 Å². The molecule has 18 heteroatoms. The molecule has 18 nitrogen and oxygen atoms in total. The van der Waals surface area contributed by atoms with E-state index in [0.717, 1.165) is 18.2 Å². The first-order valence-electron chi connectivity index (χ1n) is 33.2. The Morgan fingerprint density at radius 3 is 1.09 bits per heavy atom. The molecule has 12 aromatic carbocycles. The Morgan fingerprint density at radius 1 is 0.225 bits per heavy atom. The molecule has 0 amide bonds. The van der Waals surface area contributed by atoms with Gasteiger partial charge in [-0.15, -0.1) is 0 Å². The maximum Gasteiger partial charge on any atom is 0.135 e. The summed E-state index contributed by atoms with van der Waals surface area (Å²) in [4.78, 5) is 0. The summed E-state index contributed by atoms with van der Waals surface area (Å²) in [6.07, 6.45) is -0.899. The Morgan fingerprint density at radius 2 is 0.588 bits per heavy atom. The number of benzene rings is 12. The van der Waals surface area contributed by atoms with Gasteiger partial charge in [0, 0.05) is 128 Å². The van der Waals surface area contributed by atoms with Crippen LogP contribution in [0.3, 0.4) is 0 Å². The van der Waals surface area contributed by atoms with E-state index in [0.29, 0.717) is 61.2 Å². The van der Waals surface area contributed by atoms with Gasteiger partial charge in [0.2, 0.25) is 0 Å². The molecule has 0 saturated heterocycles. The molecule has 0 aromatic heterocycles. The number of fused-ring (bicyclic) bond motifs is 3. The maximum absolute atomic E-state index is 13.7. The summed E-state index contributed by atoms with van der Waals surface area (Å²) in [7, 11) is 0. The van der Waals surface area contributed by atoms with Crippen LogP contribution in [0.4, 0.5) is 0 Å². The first kappa shape index (κ1) is 62.6. The fourth-order valence-corrected chi connectivity index (χ4v) is 18.5. The van der Waals surface area contributed by atoms with E-state index in [1.54, 1.807) is 78.9 Å². The zero-order valence-corrected chi connectivity index (χ0v) is 53.6. The summed E-state index contributed by atoms with van der Waals surface area (Å²) >= 11 is 0. The average Bonchev–Trinajstić information content (AvgIpc) is 1.52. The fourth-order valence-electron chi connectivity index (χ4n) is 18.5. The van der Waals surface area contributed by atoms with Crippen LogP contribution in [0.5, 0.6) is 103 Å². The summed E-state index contributed by atoms with van der Waals surface area (Å²) in [5.74, 6) is -16.2. The molecular formula is C84H64O18. The zero-order valence-electron chi connectivity index (χ0n) is 53.6. The first-order valence-corrected chi connectivity index (χ1v) is 33.2. The number of hydrogen-bond acceptors (Lipinski definition) is 18. The number of phenols is 17. The van der Waals surface area contributed by atoms with E-state index in [9.17, 15) is 86.8 Å². The molecule has 17 N–H and O–H groups in total. The van der Waals surface area contributed by atoms with Crippen molar-refractivity contribution in [1.82, 2.24) is 0 Å². The minimum atomic E-state index is -1.49. The van der Waals surface area contributed by atoms with Gasteiger partial charge in [0.25, 0.3) is 0 Å². The molecule has 12 atom stereocenters. The molecule has 508 valence electrons. The minimum Gasteiger partial charge on any atom is -0.508 e. The van der Waals surface area contributed by atoms with Crippen molar-refractivity contribution in [3.8, 4) is 103 Å². The Balaban J connectivity index is 0.949. The van der Waals surface area contributed by atoms with Gasteiger partial charge in [0.15, 0.2) is 0 Å². The number of ether oxygens (including phenoxy) is 1. The van der Waals surface area contributed by atoms with Crippen LogP contribution >= 0.6 is 0 Å². The standard InChI is InChI=1S/C84H64O18/c85-44-13-1-36(2-14-44)64-54-30-52(93)33-59(98)72(54)81(77-61(100)34-60(99)75-69(42-25-50(91)29-51(92)26-42)65(79(64)82(75)77)37-3-15-45(86)16-4-37)68(40-9-21-48(89)22-10-40)74-56(95)27-43(28-57(74)96)70-66(38-5-17-46(87)18-6-38)80-67(39-7-19-47(88)20-8-39)71-55(31-53(94)32-58(71)97)73-78-63(35-62(101)76(70)83(78)80)102-84(73)41-11-23-49(90)24-12-41/h1-35,64-70,73,79-81,84-101H/t64-,65+,66+,67-,68+,69+,70+,73+,79+,80?,81+,84-/m0/s1. The molecule has 0 radical (unpaired) electrons. The summed E-state index contributed by atoms with van der Waals surface area (Å²) in [6.45, 7) is 0. The van der Waals surface area contributed by atoms with Crippen LogP contribution in [0.15, 0.2) is 212 Å². The van der Waals surface area contributed by atoms with Gasteiger partial charge in [0.05, 0.1) is 5.92 Å². The van der Waals surface area contributed by atoms with Gasteiger partial charge >= 0.3 is 0 Å². The molecule has 0 bridgehead atoms. The van der Waals surface area contributed by atoms with Crippen molar-refractivity contribution in [2.45, 2.75) is 71.2 Å². The highest BCUT2D eigenvalue weighted by Gasteiger charge is 2.58. The third-order valence-electron chi connectivity index (χ3n) is 22.1. The molecule has 4 aliphatic carbocycles. The lowest BCUT2D eigenvalue weighted by atomic mass is 9.68. The van der Waals surface area contributed by atoms with E-state index >= 15 is 0 Å². The van der Waals surface area contributed by atoms with E-state index in [1.165, 1.54) is 115 Å². The third kappa shape index (κ3) is 9.60. The van der Waals surface area contributed by atoms with Gasteiger partial charge in [-0.3, -0.25) is 0 Å². The minimum absolute atomic E-state index is 0.0158. The van der Waals surface area contributed by atoms with Crippen molar-refractivity contribution in [1.29, 1.82) is 0 Å². The number of rotatable bonds is 10. The van der Waals surface area contributed by atoms with Crippen molar-refractivity contribution in [3.63, 3.8) is 0 Å². The smallest absolute Gasteiger partial charge is 0.135 e. The molecule has 102 heavy (non-hydrogen) atoms. The Labute approximate surface area is 581 Å². The predicted octanol–water partition coefficient (Wildman–Crippen LogP) is 15.2. The SMILES string of the molecule is Oc1ccc([C@H]2c3c(O)cc(O)cc3[C@@H]3c4c(cc(O)c5c4C2[C@H](c2ccc(O)cc2)[C@H]5c2cc(O)c([C@@H](c4ccc(O)cc4)[C@@H]4c5c(O)cc(O)cc5[C@H](c5ccc(O)cc5)[C@H]5c6c4c(O)cc(O)c6[C@H](c4cc(O)cc(O)c4)[C@H]5c4ccc(O)cc4)c(O)c2)O[C@H]3c2ccc(O)cc2)cc1. The Hall–Kier alpha value is -13.0. The predicted molar refractivity (Wildman–Crippen MR) is 373 cm³/mol. The van der Waals surface area contributed by atoms with Gasteiger partial charge in [-0.25, -0.2) is 0 Å². The highest BCUT2D eigenvalue weighted by atomic mass is 16.5. The van der Waals surface area contributed by atoms with Crippen LogP contribution < -0.4 is 4.74 Å². The molecule has 1 heterocycles. The van der Waals surface area contributed by atoms with Crippen molar-refractivity contribution in [2.75, 3.05) is 0 Å². The molecular weight excluding hydrogens is 1300 g/mol. The van der Waals surface area contributed by atoms with Gasteiger partial charge in [0.1, 0.15) is 110 Å². The Bertz CT molecular complexity index is 5360. The molecule has 0 fully saturated rings. The highest BCUT2D eigenvalue weighted by Crippen LogP contribution is 2.73. The van der Waals surface area contributed by atoms with Crippen LogP contribution in [0.2, 0.25) is 0 Å². The van der Waals surface area contributed by atoms with Gasteiger partial charge < -0.3 is 91.5 Å². The van der Waals surface area contributed by atoms with Crippen LogP contribution in [-0.4, -0.2) is 86.8 Å². The number of phenolic OH excluding ortho intramolecular Hbond substituents is 17. The van der Waals surface area contributed by atoms with E-state index in [1.807, 2.05) is 0 Å². The summed E-state index contributed by atoms with van der Waals surface area (Å²) in [5.41, 5.74) is 6.60. The zero-order chi connectivity index (χ0) is 70.7. The second kappa shape index (κ2) is 23.1. The largest absolute Gasteiger partial charge is 0.508 e. The number of aromatic hydroxyl groups is 17. The quantitative estimate of drug-likeness (QED) is 0.0605. The van der Waals surface area contributed by atoms with E-state index in [-0.39, 0.29) is 114 Å². The molecule has 1 unspecified atom stereocenters. The Kier molecular flexibility index (Phi) is 14.1. The van der Waals surface area contributed by atoms with Crippen LogP contribution in [0.1, 0.15) is 177 Å². The second-order valence-corrected chi connectivity index (χ2v) is 27.5. The topological polar surface area (TPSA) is 353 Å². The molecule has 17 rings (SSSR count). The highest BCUT2D eigenvalue weighted by molar-refractivity contribution is 5.76. The molecule has 1 aliphatic heterocycles. The van der Waals surface area contributed by atoms with E-state index in [4.69, 9.17) is 4.74 Å². The number of hydrogen-bond donors (Lipinski definition) is 17. The second-order valence-electron chi connectivity index (χ2n) is 27.5. The van der Waals surface area contributed by atoms with Gasteiger partial charge in [-0.1, -0.05) is 72.8 Å². The van der Waals surface area contributed by atoms with Crippen LogP contribution in [0, 0.1) is 0 Å². The lowest BCUT2D eigenvalue weighted by molar-refractivity contribution is 0.221. The third-order valence-corrected chi connectivity index (χ3v) is 22.1. The molecule has 12 aromatic rings.